The Morgan fingerprint density at radius 2 is 1.83 bits per heavy atom. The lowest BCUT2D eigenvalue weighted by Gasteiger charge is -2.21. The molecule has 0 fully saturated rings. The van der Waals surface area contributed by atoms with Gasteiger partial charge in [-0.1, -0.05) is 24.3 Å². The van der Waals surface area contributed by atoms with Crippen molar-refractivity contribution in [3.8, 4) is 0 Å². The molecular weight excluding hydrogens is 410 g/mol. The van der Waals surface area contributed by atoms with Crippen molar-refractivity contribution in [3.05, 3.63) is 98.2 Å². The Balaban J connectivity index is 1.74. The van der Waals surface area contributed by atoms with Gasteiger partial charge < -0.3 is 10.6 Å². The average Bonchev–Trinajstić information content (AvgIpc) is 3.36. The summed E-state index contributed by atoms with van der Waals surface area (Å²) in [4.78, 5) is 19.7. The van der Waals surface area contributed by atoms with Crippen LogP contribution in [-0.2, 0) is 0 Å². The van der Waals surface area contributed by atoms with Crippen LogP contribution in [0.5, 0.6) is 0 Å². The molecule has 3 heterocycles. The lowest BCUT2D eigenvalue weighted by molar-refractivity contribution is 0.102. The van der Waals surface area contributed by atoms with Gasteiger partial charge in [0.25, 0.3) is 5.91 Å². The first kappa shape index (κ1) is 20.3. The SMILES string of the molecule is Cc1ccnc(NC(c2cccs2)c2c(NC(=O)c3ccccc3)sc(C)c2C)c1. The molecule has 0 aliphatic heterocycles. The van der Waals surface area contributed by atoms with E-state index < -0.39 is 0 Å². The number of benzene rings is 1. The lowest BCUT2D eigenvalue weighted by Crippen LogP contribution is -2.17. The number of aromatic nitrogens is 1. The van der Waals surface area contributed by atoms with Crippen LogP contribution in [0.3, 0.4) is 0 Å². The van der Waals surface area contributed by atoms with E-state index in [0.717, 1.165) is 21.9 Å². The normalized spacial score (nSPS) is 11.8. The van der Waals surface area contributed by atoms with Gasteiger partial charge in [-0.3, -0.25) is 4.79 Å². The van der Waals surface area contributed by atoms with Crippen LogP contribution in [0.1, 0.15) is 42.8 Å². The third-order valence-electron chi connectivity index (χ3n) is 5.02. The van der Waals surface area contributed by atoms with Crippen LogP contribution >= 0.6 is 22.7 Å². The predicted octanol–water partition coefficient (Wildman–Crippen LogP) is 6.58. The van der Waals surface area contributed by atoms with E-state index in [2.05, 4.69) is 53.9 Å². The molecule has 2 N–H and O–H groups in total. The van der Waals surface area contributed by atoms with Gasteiger partial charge >= 0.3 is 0 Å². The first-order chi connectivity index (χ1) is 14.5. The van der Waals surface area contributed by atoms with Gasteiger partial charge in [-0.2, -0.15) is 0 Å². The fraction of sp³-hybridized carbons (Fsp3) is 0.167. The summed E-state index contributed by atoms with van der Waals surface area (Å²) in [6, 6.07) is 17.4. The molecule has 1 aromatic carbocycles. The fourth-order valence-electron chi connectivity index (χ4n) is 3.35. The van der Waals surface area contributed by atoms with Crippen molar-refractivity contribution >= 4 is 39.4 Å². The molecule has 0 aliphatic carbocycles. The molecule has 4 aromatic rings. The smallest absolute Gasteiger partial charge is 0.256 e. The first-order valence-corrected chi connectivity index (χ1v) is 11.4. The summed E-state index contributed by atoms with van der Waals surface area (Å²) in [6.07, 6.45) is 1.81. The molecule has 3 aromatic heterocycles. The number of aryl methyl sites for hydroxylation is 2. The van der Waals surface area contributed by atoms with E-state index in [1.807, 2.05) is 48.7 Å². The topological polar surface area (TPSA) is 54.0 Å². The number of pyridine rings is 1. The maximum atomic E-state index is 12.9. The van der Waals surface area contributed by atoms with Gasteiger partial charge in [-0.25, -0.2) is 4.98 Å². The highest BCUT2D eigenvalue weighted by atomic mass is 32.1. The van der Waals surface area contributed by atoms with E-state index in [9.17, 15) is 4.79 Å². The number of nitrogens with zero attached hydrogens (tertiary/aromatic N) is 1. The van der Waals surface area contributed by atoms with Crippen molar-refractivity contribution in [1.29, 1.82) is 0 Å². The number of carbonyl (C=O) groups is 1. The van der Waals surface area contributed by atoms with Gasteiger partial charge in [0.15, 0.2) is 0 Å². The van der Waals surface area contributed by atoms with Gasteiger partial charge in [-0.05, 0) is 67.6 Å². The number of hydrogen-bond donors (Lipinski definition) is 2. The fourth-order valence-corrected chi connectivity index (χ4v) is 5.23. The Bertz CT molecular complexity index is 1150. The molecule has 0 spiro atoms. The number of rotatable bonds is 6. The largest absolute Gasteiger partial charge is 0.358 e. The quantitative estimate of drug-likeness (QED) is 0.361. The number of anilines is 2. The van der Waals surface area contributed by atoms with Crippen molar-refractivity contribution in [2.45, 2.75) is 26.8 Å². The molecule has 0 radical (unpaired) electrons. The minimum Gasteiger partial charge on any atom is -0.358 e. The molecule has 0 aliphatic rings. The summed E-state index contributed by atoms with van der Waals surface area (Å²) in [6.45, 7) is 6.27. The highest BCUT2D eigenvalue weighted by Crippen LogP contribution is 2.42. The van der Waals surface area contributed by atoms with Gasteiger partial charge in [-0.15, -0.1) is 22.7 Å². The standard InChI is InChI=1S/C24H23N3OS2/c1-15-11-12-25-20(14-15)26-22(19-10-7-13-29-19)21-16(2)17(3)30-24(21)27-23(28)18-8-5-4-6-9-18/h4-14,22H,1-3H3,(H,25,26)(H,27,28). The molecule has 0 saturated heterocycles. The van der Waals surface area contributed by atoms with Crippen LogP contribution in [0.2, 0.25) is 0 Å². The summed E-state index contributed by atoms with van der Waals surface area (Å²) >= 11 is 3.31. The summed E-state index contributed by atoms with van der Waals surface area (Å²) < 4.78 is 0. The zero-order valence-corrected chi connectivity index (χ0v) is 18.7. The third kappa shape index (κ3) is 4.30. The van der Waals surface area contributed by atoms with Crippen LogP contribution in [-0.4, -0.2) is 10.9 Å². The Labute approximate surface area is 184 Å². The van der Waals surface area contributed by atoms with E-state index >= 15 is 0 Å². The molecule has 152 valence electrons. The molecule has 4 nitrogen and oxygen atoms in total. The van der Waals surface area contributed by atoms with Gasteiger partial charge in [0.1, 0.15) is 10.8 Å². The third-order valence-corrected chi connectivity index (χ3v) is 7.09. The Morgan fingerprint density at radius 3 is 2.53 bits per heavy atom. The van der Waals surface area contributed by atoms with Gasteiger partial charge in [0.05, 0.1) is 6.04 Å². The molecular formula is C24H23N3OS2. The maximum Gasteiger partial charge on any atom is 0.256 e. The number of amides is 1. The van der Waals surface area contributed by atoms with E-state index in [0.29, 0.717) is 5.56 Å². The molecule has 30 heavy (non-hydrogen) atoms. The van der Waals surface area contributed by atoms with Crippen LogP contribution < -0.4 is 10.6 Å². The maximum absolute atomic E-state index is 12.9. The second-order valence-corrected chi connectivity index (χ2v) is 9.36. The summed E-state index contributed by atoms with van der Waals surface area (Å²) in [7, 11) is 0. The first-order valence-electron chi connectivity index (χ1n) is 9.72. The second-order valence-electron chi connectivity index (χ2n) is 7.16. The average molecular weight is 434 g/mol. The molecule has 1 atom stereocenters. The van der Waals surface area contributed by atoms with Crippen molar-refractivity contribution in [3.63, 3.8) is 0 Å². The summed E-state index contributed by atoms with van der Waals surface area (Å²) in [5.41, 5.74) is 4.07. The molecule has 4 rings (SSSR count). The minimum absolute atomic E-state index is 0.100. The number of thiophene rings is 2. The van der Waals surface area contributed by atoms with E-state index in [1.54, 1.807) is 22.7 Å². The second kappa shape index (κ2) is 8.81. The Hall–Kier alpha value is -2.96. The number of carbonyl (C=O) groups excluding carboxylic acids is 1. The lowest BCUT2D eigenvalue weighted by atomic mass is 10.0. The minimum atomic E-state index is -0.102. The van der Waals surface area contributed by atoms with Crippen LogP contribution in [0.4, 0.5) is 10.8 Å². The summed E-state index contributed by atoms with van der Waals surface area (Å²) in [5.74, 6) is 0.716. The molecule has 1 amide bonds. The number of hydrogen-bond acceptors (Lipinski definition) is 5. The highest BCUT2D eigenvalue weighted by Gasteiger charge is 2.25. The van der Waals surface area contributed by atoms with Gasteiger partial charge in [0, 0.05) is 27.1 Å². The van der Waals surface area contributed by atoms with Crippen molar-refractivity contribution < 1.29 is 4.79 Å². The van der Waals surface area contributed by atoms with Crippen LogP contribution in [0.15, 0.2) is 66.2 Å². The highest BCUT2D eigenvalue weighted by molar-refractivity contribution is 7.16. The molecule has 0 saturated carbocycles. The Morgan fingerprint density at radius 1 is 1.03 bits per heavy atom. The van der Waals surface area contributed by atoms with E-state index in [-0.39, 0.29) is 11.9 Å². The van der Waals surface area contributed by atoms with Crippen LogP contribution in [0.25, 0.3) is 0 Å². The zero-order chi connectivity index (χ0) is 21.1. The van der Waals surface area contributed by atoms with Crippen molar-refractivity contribution in [2.75, 3.05) is 10.6 Å². The molecule has 1 unspecified atom stereocenters. The van der Waals surface area contributed by atoms with Crippen molar-refractivity contribution in [2.24, 2.45) is 0 Å². The van der Waals surface area contributed by atoms with E-state index in [1.165, 1.54) is 15.3 Å². The number of nitrogens with one attached hydrogen (secondary N) is 2. The van der Waals surface area contributed by atoms with Gasteiger partial charge in [0.2, 0.25) is 0 Å². The molecule has 0 bridgehead atoms. The summed E-state index contributed by atoms with van der Waals surface area (Å²) in [5, 5.41) is 9.70. The molecule has 6 heteroatoms. The predicted molar refractivity (Wildman–Crippen MR) is 127 cm³/mol. The van der Waals surface area contributed by atoms with Crippen molar-refractivity contribution in [1.82, 2.24) is 4.98 Å². The monoisotopic (exact) mass is 433 g/mol. The zero-order valence-electron chi connectivity index (χ0n) is 17.1. The van der Waals surface area contributed by atoms with E-state index in [4.69, 9.17) is 0 Å². The Kier molecular flexibility index (Phi) is 5.97. The van der Waals surface area contributed by atoms with Crippen LogP contribution in [0, 0.1) is 20.8 Å².